The summed E-state index contributed by atoms with van der Waals surface area (Å²) in [6.07, 6.45) is -0.549. The zero-order valence-corrected chi connectivity index (χ0v) is 13.4. The Kier molecular flexibility index (Phi) is 5.22. The number of methoxy groups -OCH3 is 1. The third-order valence-electron chi connectivity index (χ3n) is 3.06. The van der Waals surface area contributed by atoms with Gasteiger partial charge in [0.2, 0.25) is 0 Å². The van der Waals surface area contributed by atoms with E-state index in [0.29, 0.717) is 17.2 Å². The van der Waals surface area contributed by atoms with Crippen LogP contribution in [0.5, 0.6) is 17.2 Å². The van der Waals surface area contributed by atoms with Gasteiger partial charge >= 0.3 is 0 Å². The molecule has 2 aromatic carbocycles. The average Bonchev–Trinajstić information content (AvgIpc) is 2.47. The van der Waals surface area contributed by atoms with Crippen LogP contribution in [-0.4, -0.2) is 17.3 Å². The molecule has 0 aromatic heterocycles. The van der Waals surface area contributed by atoms with E-state index in [1.807, 2.05) is 0 Å². The number of halogens is 1. The Morgan fingerprint density at radius 1 is 1.14 bits per heavy atom. The molecule has 0 aliphatic rings. The molecule has 0 saturated carbocycles. The van der Waals surface area contributed by atoms with Gasteiger partial charge in [0.1, 0.15) is 5.75 Å². The van der Waals surface area contributed by atoms with Gasteiger partial charge < -0.3 is 19.7 Å². The van der Waals surface area contributed by atoms with E-state index in [1.54, 1.807) is 50.4 Å². The van der Waals surface area contributed by atoms with Gasteiger partial charge in [0.15, 0.2) is 11.5 Å². The first-order valence-electron chi connectivity index (χ1n) is 6.48. The minimum atomic E-state index is -0.549. The lowest BCUT2D eigenvalue weighted by Crippen LogP contribution is -1.95. The van der Waals surface area contributed by atoms with Gasteiger partial charge in [-0.25, -0.2) is 0 Å². The molecule has 112 valence electrons. The minimum Gasteiger partial charge on any atom is -0.493 e. The highest BCUT2D eigenvalue weighted by Crippen LogP contribution is 2.35. The third kappa shape index (κ3) is 3.75. The normalized spacial score (nSPS) is 12.0. The summed E-state index contributed by atoms with van der Waals surface area (Å²) in [6.45, 7) is 1.66. The van der Waals surface area contributed by atoms with E-state index < -0.39 is 6.10 Å². The maximum absolute atomic E-state index is 9.61. The van der Waals surface area contributed by atoms with Gasteiger partial charge in [0.25, 0.3) is 0 Å². The summed E-state index contributed by atoms with van der Waals surface area (Å²) in [7, 11) is 1.55. The van der Waals surface area contributed by atoms with Crippen molar-refractivity contribution in [3.05, 3.63) is 52.0 Å². The smallest absolute Gasteiger partial charge is 0.169 e. The maximum Gasteiger partial charge on any atom is 0.169 e. The van der Waals surface area contributed by atoms with E-state index >= 15 is 0 Å². The Hall–Kier alpha value is -1.56. The summed E-state index contributed by atoms with van der Waals surface area (Å²) >= 11 is 3.42. The van der Waals surface area contributed by atoms with Crippen LogP contribution in [0.15, 0.2) is 40.9 Å². The first-order chi connectivity index (χ1) is 10.0. The molecule has 4 nitrogen and oxygen atoms in total. The van der Waals surface area contributed by atoms with Crippen LogP contribution in [0, 0.1) is 0 Å². The number of benzene rings is 2. The van der Waals surface area contributed by atoms with E-state index in [0.717, 1.165) is 15.6 Å². The largest absolute Gasteiger partial charge is 0.493 e. The maximum atomic E-state index is 9.61. The lowest BCUT2D eigenvalue weighted by Gasteiger charge is -2.13. The molecule has 0 radical (unpaired) electrons. The molecule has 0 spiro atoms. The predicted octanol–water partition coefficient (Wildman–Crippen LogP) is 3.80. The molecule has 0 unspecified atom stereocenters. The van der Waals surface area contributed by atoms with E-state index in [1.165, 1.54) is 0 Å². The standard InChI is InChI=1S/C16H17BrO4/c1-10(19)13-5-4-12(8-14(13)17)21-15-6-3-11(9-18)7-16(15)20-2/h3-8,10,18-19H,9H2,1-2H3/t10-/m0/s1. The molecule has 2 aromatic rings. The van der Waals surface area contributed by atoms with Crippen molar-refractivity contribution in [2.24, 2.45) is 0 Å². The molecule has 0 saturated heterocycles. The van der Waals surface area contributed by atoms with Crippen LogP contribution in [0.1, 0.15) is 24.2 Å². The van der Waals surface area contributed by atoms with Crippen molar-refractivity contribution >= 4 is 15.9 Å². The zero-order valence-electron chi connectivity index (χ0n) is 11.8. The molecule has 5 heteroatoms. The molecule has 0 bridgehead atoms. The van der Waals surface area contributed by atoms with Crippen LogP contribution in [0.4, 0.5) is 0 Å². The third-order valence-corrected chi connectivity index (χ3v) is 3.75. The highest BCUT2D eigenvalue weighted by Gasteiger charge is 2.10. The number of hydrogen-bond acceptors (Lipinski definition) is 4. The molecule has 0 aliphatic carbocycles. The molecule has 0 amide bonds. The van der Waals surface area contributed by atoms with Crippen LogP contribution < -0.4 is 9.47 Å². The first-order valence-corrected chi connectivity index (χ1v) is 7.27. The molecule has 0 aliphatic heterocycles. The van der Waals surface area contributed by atoms with Crippen molar-refractivity contribution in [2.75, 3.05) is 7.11 Å². The molecule has 0 fully saturated rings. The molecule has 0 heterocycles. The number of aliphatic hydroxyl groups is 2. The van der Waals surface area contributed by atoms with Crippen molar-refractivity contribution in [3.8, 4) is 17.2 Å². The molecular formula is C16H17BrO4. The van der Waals surface area contributed by atoms with Crippen LogP contribution in [0.25, 0.3) is 0 Å². The van der Waals surface area contributed by atoms with Crippen molar-refractivity contribution in [3.63, 3.8) is 0 Å². The van der Waals surface area contributed by atoms with Crippen molar-refractivity contribution in [1.29, 1.82) is 0 Å². The Bertz CT molecular complexity index is 626. The van der Waals surface area contributed by atoms with Gasteiger partial charge in [0, 0.05) is 4.47 Å². The monoisotopic (exact) mass is 352 g/mol. The van der Waals surface area contributed by atoms with Gasteiger partial charge in [-0.05, 0) is 42.3 Å². The summed E-state index contributed by atoms with van der Waals surface area (Å²) < 4.78 is 11.8. The second kappa shape index (κ2) is 6.93. The van der Waals surface area contributed by atoms with E-state index in [-0.39, 0.29) is 6.61 Å². The summed E-state index contributed by atoms with van der Waals surface area (Å²) in [5.41, 5.74) is 1.55. The summed E-state index contributed by atoms with van der Waals surface area (Å²) in [4.78, 5) is 0. The molecule has 2 N–H and O–H groups in total. The van der Waals surface area contributed by atoms with Crippen molar-refractivity contribution in [2.45, 2.75) is 19.6 Å². The second-order valence-electron chi connectivity index (χ2n) is 4.60. The SMILES string of the molecule is COc1cc(CO)ccc1Oc1ccc([C@H](C)O)c(Br)c1. The lowest BCUT2D eigenvalue weighted by atomic mass is 10.1. The fourth-order valence-corrected chi connectivity index (χ4v) is 2.62. The number of ether oxygens (including phenoxy) is 2. The first kappa shape index (κ1) is 15.8. The molecule has 2 rings (SSSR count). The van der Waals surface area contributed by atoms with Gasteiger partial charge in [-0.1, -0.05) is 28.1 Å². The average molecular weight is 353 g/mol. The number of rotatable bonds is 5. The minimum absolute atomic E-state index is 0.0503. The van der Waals surface area contributed by atoms with Crippen LogP contribution in [-0.2, 0) is 6.61 Å². The van der Waals surface area contributed by atoms with Crippen LogP contribution in [0.2, 0.25) is 0 Å². The highest BCUT2D eigenvalue weighted by molar-refractivity contribution is 9.10. The molecule has 1 atom stereocenters. The quantitative estimate of drug-likeness (QED) is 0.859. The fraction of sp³-hybridized carbons (Fsp3) is 0.250. The lowest BCUT2D eigenvalue weighted by molar-refractivity contribution is 0.198. The second-order valence-corrected chi connectivity index (χ2v) is 5.46. The Morgan fingerprint density at radius 2 is 1.90 bits per heavy atom. The molecule has 21 heavy (non-hydrogen) atoms. The van der Waals surface area contributed by atoms with Gasteiger partial charge in [-0.15, -0.1) is 0 Å². The van der Waals surface area contributed by atoms with Crippen molar-refractivity contribution in [1.82, 2.24) is 0 Å². The van der Waals surface area contributed by atoms with E-state index in [9.17, 15) is 5.11 Å². The van der Waals surface area contributed by atoms with Crippen molar-refractivity contribution < 1.29 is 19.7 Å². The van der Waals surface area contributed by atoms with E-state index in [2.05, 4.69) is 15.9 Å². The van der Waals surface area contributed by atoms with Crippen LogP contribution in [0.3, 0.4) is 0 Å². The zero-order chi connectivity index (χ0) is 15.4. The Balaban J connectivity index is 2.28. The molecular weight excluding hydrogens is 336 g/mol. The topological polar surface area (TPSA) is 58.9 Å². The summed E-state index contributed by atoms with van der Waals surface area (Å²) in [5.74, 6) is 1.74. The van der Waals surface area contributed by atoms with E-state index in [4.69, 9.17) is 14.6 Å². The predicted molar refractivity (Wildman–Crippen MR) is 83.8 cm³/mol. The number of hydrogen-bond donors (Lipinski definition) is 2. The van der Waals surface area contributed by atoms with Gasteiger partial charge in [-0.3, -0.25) is 0 Å². The Morgan fingerprint density at radius 3 is 2.48 bits per heavy atom. The Labute approximate surface area is 132 Å². The number of aliphatic hydroxyl groups excluding tert-OH is 2. The highest BCUT2D eigenvalue weighted by atomic mass is 79.9. The van der Waals surface area contributed by atoms with Gasteiger partial charge in [-0.2, -0.15) is 0 Å². The summed E-state index contributed by atoms with van der Waals surface area (Å²) in [6, 6.07) is 10.6. The fourth-order valence-electron chi connectivity index (χ4n) is 1.93. The summed E-state index contributed by atoms with van der Waals surface area (Å²) in [5, 5.41) is 18.7. The van der Waals surface area contributed by atoms with Gasteiger partial charge in [0.05, 0.1) is 19.8 Å². The van der Waals surface area contributed by atoms with Crippen LogP contribution >= 0.6 is 15.9 Å².